The lowest BCUT2D eigenvalue weighted by Crippen LogP contribution is -2.37. The number of aromatic nitrogens is 1. The highest BCUT2D eigenvalue weighted by atomic mass is 35.5. The molecule has 1 amide bonds. The molecule has 3 N–H and O–H groups in total. The van der Waals surface area contributed by atoms with Crippen molar-refractivity contribution in [1.82, 2.24) is 10.3 Å². The number of carbonyl (C=O) groups is 1. The van der Waals surface area contributed by atoms with Crippen LogP contribution in [0.2, 0.25) is 0 Å². The molecule has 1 saturated carbocycles. The van der Waals surface area contributed by atoms with Gasteiger partial charge in [0.15, 0.2) is 0 Å². The maximum absolute atomic E-state index is 12.4. The third-order valence-electron chi connectivity index (χ3n) is 4.71. The Balaban J connectivity index is 0.00000210. The first-order chi connectivity index (χ1) is 13.1. The van der Waals surface area contributed by atoms with E-state index in [2.05, 4.69) is 10.3 Å². The van der Waals surface area contributed by atoms with E-state index in [1.165, 1.54) is 0 Å². The van der Waals surface area contributed by atoms with Crippen LogP contribution in [0.5, 0.6) is 17.4 Å². The first-order valence-electron chi connectivity index (χ1n) is 9.53. The molecule has 29 heavy (non-hydrogen) atoms. The number of benzene rings is 1. The summed E-state index contributed by atoms with van der Waals surface area (Å²) in [5.74, 6) is 2.08. The molecule has 8 heteroatoms. The molecule has 2 atom stereocenters. The van der Waals surface area contributed by atoms with Crippen LogP contribution in [0.15, 0.2) is 42.6 Å². The number of nitrogens with two attached hydrogens (primary N) is 1. The maximum Gasteiger partial charge on any atom is 0.223 e. The zero-order chi connectivity index (χ0) is 19.1. The largest absolute Gasteiger partial charge is 0.494 e. The van der Waals surface area contributed by atoms with E-state index in [1.54, 1.807) is 6.20 Å². The van der Waals surface area contributed by atoms with Gasteiger partial charge in [-0.3, -0.25) is 4.79 Å². The van der Waals surface area contributed by atoms with Crippen LogP contribution in [-0.4, -0.2) is 23.5 Å². The van der Waals surface area contributed by atoms with Crippen LogP contribution in [0.1, 0.15) is 38.2 Å². The van der Waals surface area contributed by atoms with E-state index in [9.17, 15) is 4.79 Å². The summed E-state index contributed by atoms with van der Waals surface area (Å²) >= 11 is 0. The number of pyridine rings is 1. The fourth-order valence-electron chi connectivity index (χ4n) is 3.31. The maximum atomic E-state index is 12.4. The number of nitrogens with zero attached hydrogens (tertiary/aromatic N) is 1. The number of rotatable bonds is 7. The molecular formula is C21H29Cl2N3O3. The molecule has 0 aliphatic heterocycles. The predicted octanol–water partition coefficient (Wildman–Crippen LogP) is 4.25. The number of halogens is 2. The van der Waals surface area contributed by atoms with Gasteiger partial charge in [-0.05, 0) is 62.1 Å². The summed E-state index contributed by atoms with van der Waals surface area (Å²) in [5, 5.41) is 3.01. The predicted molar refractivity (Wildman–Crippen MR) is 118 cm³/mol. The van der Waals surface area contributed by atoms with E-state index < -0.39 is 0 Å². The average molecular weight is 442 g/mol. The summed E-state index contributed by atoms with van der Waals surface area (Å²) in [7, 11) is 0. The van der Waals surface area contributed by atoms with Crippen LogP contribution in [-0.2, 0) is 11.3 Å². The molecule has 1 aliphatic carbocycles. The minimum atomic E-state index is 0. The zero-order valence-electron chi connectivity index (χ0n) is 16.5. The number of carbonyl (C=O) groups excluding carboxylic acids is 1. The van der Waals surface area contributed by atoms with E-state index in [0.29, 0.717) is 24.8 Å². The first-order valence-corrected chi connectivity index (χ1v) is 9.53. The molecular weight excluding hydrogens is 413 g/mol. The fourth-order valence-corrected chi connectivity index (χ4v) is 3.31. The van der Waals surface area contributed by atoms with Gasteiger partial charge >= 0.3 is 0 Å². The molecule has 160 valence electrons. The van der Waals surface area contributed by atoms with Gasteiger partial charge in [-0.25, -0.2) is 4.98 Å². The van der Waals surface area contributed by atoms with E-state index in [-0.39, 0.29) is 42.7 Å². The summed E-state index contributed by atoms with van der Waals surface area (Å²) in [5.41, 5.74) is 6.92. The SMILES string of the molecule is CCOc1ccc(Oc2cc(CNC(=O)C3CCCC(N)C3)ccn2)cc1.Cl.Cl. The molecule has 2 unspecified atom stereocenters. The number of nitrogens with one attached hydrogen (secondary N) is 1. The molecule has 2 aromatic rings. The molecule has 0 radical (unpaired) electrons. The van der Waals surface area contributed by atoms with Crippen molar-refractivity contribution >= 4 is 30.7 Å². The van der Waals surface area contributed by atoms with Gasteiger partial charge in [-0.15, -0.1) is 24.8 Å². The van der Waals surface area contributed by atoms with Crippen LogP contribution in [0, 0.1) is 5.92 Å². The van der Waals surface area contributed by atoms with Crippen molar-refractivity contribution < 1.29 is 14.3 Å². The van der Waals surface area contributed by atoms with Crippen LogP contribution < -0.4 is 20.5 Å². The van der Waals surface area contributed by atoms with Crippen molar-refractivity contribution in [2.45, 2.75) is 45.2 Å². The van der Waals surface area contributed by atoms with Crippen molar-refractivity contribution in [2.24, 2.45) is 11.7 Å². The lowest BCUT2D eigenvalue weighted by atomic mass is 9.85. The van der Waals surface area contributed by atoms with Gasteiger partial charge in [-0.1, -0.05) is 6.42 Å². The second kappa shape index (κ2) is 12.5. The van der Waals surface area contributed by atoms with Gasteiger partial charge in [0.1, 0.15) is 11.5 Å². The molecule has 1 heterocycles. The molecule has 1 aromatic heterocycles. The van der Waals surface area contributed by atoms with Gasteiger partial charge in [-0.2, -0.15) is 0 Å². The van der Waals surface area contributed by atoms with E-state index in [1.807, 2.05) is 43.3 Å². The van der Waals surface area contributed by atoms with Gasteiger partial charge < -0.3 is 20.5 Å². The summed E-state index contributed by atoms with van der Waals surface area (Å²) in [6.45, 7) is 3.02. The Morgan fingerprint density at radius 1 is 1.17 bits per heavy atom. The van der Waals surface area contributed by atoms with Crippen molar-refractivity contribution in [1.29, 1.82) is 0 Å². The minimum absolute atomic E-state index is 0. The smallest absolute Gasteiger partial charge is 0.223 e. The highest BCUT2D eigenvalue weighted by molar-refractivity contribution is 5.85. The summed E-state index contributed by atoms with van der Waals surface area (Å²) < 4.78 is 11.2. The van der Waals surface area contributed by atoms with Crippen molar-refractivity contribution in [3.8, 4) is 17.4 Å². The van der Waals surface area contributed by atoms with E-state index >= 15 is 0 Å². The molecule has 0 bridgehead atoms. The lowest BCUT2D eigenvalue weighted by molar-refractivity contribution is -0.126. The third-order valence-corrected chi connectivity index (χ3v) is 4.71. The third kappa shape index (κ3) is 7.72. The Hall–Kier alpha value is -2.02. The fraction of sp³-hybridized carbons (Fsp3) is 0.429. The zero-order valence-corrected chi connectivity index (χ0v) is 18.1. The topological polar surface area (TPSA) is 86.5 Å². The highest BCUT2D eigenvalue weighted by Crippen LogP contribution is 2.24. The number of hydrogen-bond acceptors (Lipinski definition) is 5. The normalized spacial score (nSPS) is 18.0. The van der Waals surface area contributed by atoms with E-state index in [4.69, 9.17) is 15.2 Å². The molecule has 1 fully saturated rings. The molecule has 3 rings (SSSR count). The minimum Gasteiger partial charge on any atom is -0.494 e. The summed E-state index contributed by atoms with van der Waals surface area (Å²) in [6, 6.07) is 11.3. The second-order valence-electron chi connectivity index (χ2n) is 6.85. The van der Waals surface area contributed by atoms with Crippen molar-refractivity contribution in [2.75, 3.05) is 6.61 Å². The van der Waals surface area contributed by atoms with Gasteiger partial charge in [0.2, 0.25) is 11.8 Å². The van der Waals surface area contributed by atoms with Gasteiger partial charge in [0.05, 0.1) is 6.61 Å². The number of amides is 1. The first kappa shape index (κ1) is 25.0. The highest BCUT2D eigenvalue weighted by Gasteiger charge is 2.24. The van der Waals surface area contributed by atoms with Crippen molar-refractivity contribution in [3.05, 3.63) is 48.2 Å². The number of hydrogen-bond donors (Lipinski definition) is 2. The Labute approximate surface area is 184 Å². The summed E-state index contributed by atoms with van der Waals surface area (Å²) in [6.07, 6.45) is 5.41. The lowest BCUT2D eigenvalue weighted by Gasteiger charge is -2.25. The molecule has 1 aliphatic rings. The Morgan fingerprint density at radius 3 is 2.59 bits per heavy atom. The van der Waals surface area contributed by atoms with Crippen molar-refractivity contribution in [3.63, 3.8) is 0 Å². The molecule has 0 saturated heterocycles. The van der Waals surface area contributed by atoms with Crippen LogP contribution in [0.3, 0.4) is 0 Å². The summed E-state index contributed by atoms with van der Waals surface area (Å²) in [4.78, 5) is 16.6. The quantitative estimate of drug-likeness (QED) is 0.670. The van der Waals surface area contributed by atoms with Gasteiger partial charge in [0.25, 0.3) is 0 Å². The van der Waals surface area contributed by atoms with Gasteiger partial charge in [0, 0.05) is 30.8 Å². The van der Waals surface area contributed by atoms with E-state index in [0.717, 1.165) is 37.0 Å². The Morgan fingerprint density at radius 2 is 1.90 bits per heavy atom. The van der Waals surface area contributed by atoms with Crippen LogP contribution >= 0.6 is 24.8 Å². The number of ether oxygens (including phenoxy) is 2. The standard InChI is InChI=1S/C21H27N3O3.2ClH/c1-2-26-18-6-8-19(9-7-18)27-20-12-15(10-11-23-20)14-24-21(25)16-4-3-5-17(22)13-16;;/h6-12,16-17H,2-5,13-14,22H2,1H3,(H,24,25);2*1H. The van der Waals surface area contributed by atoms with Crippen LogP contribution in [0.4, 0.5) is 0 Å². The second-order valence-corrected chi connectivity index (χ2v) is 6.85. The Kier molecular flexibility index (Phi) is 10.8. The molecule has 1 aromatic carbocycles. The monoisotopic (exact) mass is 441 g/mol. The van der Waals surface area contributed by atoms with Crippen LogP contribution in [0.25, 0.3) is 0 Å². The molecule has 6 nitrogen and oxygen atoms in total. The molecule has 0 spiro atoms. The average Bonchev–Trinajstić information content (AvgIpc) is 2.68. The Bertz CT molecular complexity index is 759.